The van der Waals surface area contributed by atoms with Crippen LogP contribution in [-0.2, 0) is 11.2 Å². The van der Waals surface area contributed by atoms with Gasteiger partial charge in [-0.2, -0.15) is 0 Å². The summed E-state index contributed by atoms with van der Waals surface area (Å²) in [6, 6.07) is 9.00. The number of likely N-dealkylation sites (N-methyl/N-ethyl adjacent to an activating group) is 1. The molecular weight excluding hydrogens is 319 g/mol. The van der Waals surface area contributed by atoms with Crippen LogP contribution in [0.2, 0.25) is 0 Å². The van der Waals surface area contributed by atoms with Gasteiger partial charge in [-0.3, -0.25) is 4.79 Å². The lowest BCUT2D eigenvalue weighted by Crippen LogP contribution is -2.19. The van der Waals surface area contributed by atoms with Crippen molar-refractivity contribution in [2.75, 3.05) is 7.05 Å². The van der Waals surface area contributed by atoms with Crippen LogP contribution in [0.5, 0.6) is 16.7 Å². The van der Waals surface area contributed by atoms with E-state index in [4.69, 9.17) is 4.74 Å². The van der Waals surface area contributed by atoms with E-state index in [1.165, 1.54) is 36.6 Å². The van der Waals surface area contributed by atoms with Crippen molar-refractivity contribution in [1.82, 2.24) is 10.3 Å². The molecule has 0 aliphatic heterocycles. The Kier molecular flexibility index (Phi) is 4.12. The van der Waals surface area contributed by atoms with Gasteiger partial charge in [-0.05, 0) is 24.3 Å². The summed E-state index contributed by atoms with van der Waals surface area (Å²) in [5, 5.41) is 12.8. The highest BCUT2D eigenvalue weighted by Crippen LogP contribution is 2.33. The summed E-state index contributed by atoms with van der Waals surface area (Å²) in [7, 11) is 1.53. The van der Waals surface area contributed by atoms with Gasteiger partial charge in [0.25, 0.3) is 5.19 Å². The monoisotopic (exact) mass is 332 g/mol. The van der Waals surface area contributed by atoms with E-state index in [-0.39, 0.29) is 23.9 Å². The maximum atomic E-state index is 13.2. The smallest absolute Gasteiger partial charge is 0.279 e. The van der Waals surface area contributed by atoms with Crippen molar-refractivity contribution in [2.45, 2.75) is 6.42 Å². The van der Waals surface area contributed by atoms with E-state index in [1.54, 1.807) is 18.2 Å². The largest absolute Gasteiger partial charge is 0.508 e. The lowest BCUT2D eigenvalue weighted by molar-refractivity contribution is -0.119. The number of nitrogens with zero attached hydrogens (tertiary/aromatic N) is 1. The first-order valence-electron chi connectivity index (χ1n) is 6.81. The molecular formula is C16H13FN2O3S. The highest BCUT2D eigenvalue weighted by atomic mass is 32.1. The van der Waals surface area contributed by atoms with Crippen LogP contribution in [0.4, 0.5) is 4.39 Å². The summed E-state index contributed by atoms with van der Waals surface area (Å²) in [6.45, 7) is 0. The molecule has 0 saturated carbocycles. The van der Waals surface area contributed by atoms with Crippen molar-refractivity contribution in [2.24, 2.45) is 0 Å². The molecule has 0 bridgehead atoms. The van der Waals surface area contributed by atoms with Crippen LogP contribution in [0.1, 0.15) is 5.56 Å². The Bertz CT molecular complexity index is 879. The molecule has 3 aromatic rings. The molecule has 23 heavy (non-hydrogen) atoms. The number of hydrogen-bond donors (Lipinski definition) is 2. The summed E-state index contributed by atoms with van der Waals surface area (Å²) in [5.41, 5.74) is 1.15. The van der Waals surface area contributed by atoms with Gasteiger partial charge in [-0.15, -0.1) is 0 Å². The summed E-state index contributed by atoms with van der Waals surface area (Å²) in [4.78, 5) is 15.6. The van der Waals surface area contributed by atoms with E-state index in [2.05, 4.69) is 10.3 Å². The molecule has 0 fully saturated rings. The second-order valence-corrected chi connectivity index (χ2v) is 5.83. The number of benzene rings is 2. The maximum absolute atomic E-state index is 13.2. The van der Waals surface area contributed by atoms with Gasteiger partial charge >= 0.3 is 0 Å². The first-order valence-corrected chi connectivity index (χ1v) is 7.63. The standard InChI is InChI=1S/C16H13FN2O3S/c1-18-15(21)6-9-2-4-11(8-13(9)20)22-16-19-12-5-3-10(17)7-14(12)23-16/h2-5,7-8,20H,6H2,1H3,(H,18,21). The number of ether oxygens (including phenoxy) is 1. The molecule has 0 unspecified atom stereocenters. The third kappa shape index (κ3) is 3.40. The lowest BCUT2D eigenvalue weighted by atomic mass is 10.1. The molecule has 0 saturated heterocycles. The zero-order valence-electron chi connectivity index (χ0n) is 12.2. The molecule has 1 amide bonds. The quantitative estimate of drug-likeness (QED) is 0.769. The topological polar surface area (TPSA) is 71.5 Å². The average Bonchev–Trinajstić information content (AvgIpc) is 2.91. The van der Waals surface area contributed by atoms with Crippen LogP contribution in [-0.4, -0.2) is 23.0 Å². The van der Waals surface area contributed by atoms with Gasteiger partial charge < -0.3 is 15.2 Å². The van der Waals surface area contributed by atoms with Crippen molar-refractivity contribution in [3.63, 3.8) is 0 Å². The third-order valence-electron chi connectivity index (χ3n) is 3.22. The number of thiazole rings is 1. The molecule has 0 aliphatic carbocycles. The Hall–Kier alpha value is -2.67. The second kappa shape index (κ2) is 6.21. The zero-order chi connectivity index (χ0) is 16.4. The van der Waals surface area contributed by atoms with Gasteiger partial charge in [-0.1, -0.05) is 17.4 Å². The summed E-state index contributed by atoms with van der Waals surface area (Å²) < 4.78 is 19.5. The van der Waals surface area contributed by atoms with E-state index >= 15 is 0 Å². The fraction of sp³-hybridized carbons (Fsp3) is 0.125. The number of fused-ring (bicyclic) bond motifs is 1. The number of aromatic hydroxyl groups is 1. The van der Waals surface area contributed by atoms with Gasteiger partial charge in [0.1, 0.15) is 17.3 Å². The number of amides is 1. The van der Waals surface area contributed by atoms with Gasteiger partial charge in [0.2, 0.25) is 5.91 Å². The number of phenolic OH excluding ortho intramolecular Hbond substituents is 1. The van der Waals surface area contributed by atoms with Gasteiger partial charge in [0, 0.05) is 18.7 Å². The van der Waals surface area contributed by atoms with Crippen LogP contribution in [0.25, 0.3) is 10.2 Å². The highest BCUT2D eigenvalue weighted by molar-refractivity contribution is 7.20. The molecule has 0 atom stereocenters. The van der Waals surface area contributed by atoms with E-state index in [0.717, 1.165) is 0 Å². The first kappa shape index (κ1) is 15.2. The van der Waals surface area contributed by atoms with Crippen molar-refractivity contribution < 1.29 is 19.0 Å². The number of nitrogens with one attached hydrogen (secondary N) is 1. The van der Waals surface area contributed by atoms with Gasteiger partial charge in [0.15, 0.2) is 0 Å². The zero-order valence-corrected chi connectivity index (χ0v) is 13.0. The predicted molar refractivity (Wildman–Crippen MR) is 85.5 cm³/mol. The molecule has 0 spiro atoms. The number of aromatic nitrogens is 1. The van der Waals surface area contributed by atoms with Crippen LogP contribution in [0, 0.1) is 5.82 Å². The molecule has 1 heterocycles. The van der Waals surface area contributed by atoms with E-state index < -0.39 is 0 Å². The van der Waals surface area contributed by atoms with Crippen LogP contribution in [0.15, 0.2) is 36.4 Å². The van der Waals surface area contributed by atoms with Crippen molar-refractivity contribution in [3.05, 3.63) is 47.8 Å². The molecule has 3 rings (SSSR count). The third-order valence-corrected chi connectivity index (χ3v) is 4.12. The first-order chi connectivity index (χ1) is 11.0. The lowest BCUT2D eigenvalue weighted by Gasteiger charge is -2.06. The number of phenols is 1. The minimum absolute atomic E-state index is 0.0294. The Balaban J connectivity index is 1.81. The van der Waals surface area contributed by atoms with Crippen LogP contribution in [0.3, 0.4) is 0 Å². The van der Waals surface area contributed by atoms with Gasteiger partial charge in [0.05, 0.1) is 16.6 Å². The second-order valence-electron chi connectivity index (χ2n) is 4.83. The predicted octanol–water partition coefficient (Wildman–Crippen LogP) is 3.22. The molecule has 2 aromatic carbocycles. The van der Waals surface area contributed by atoms with E-state index in [0.29, 0.717) is 26.7 Å². The molecule has 1 aromatic heterocycles. The van der Waals surface area contributed by atoms with Crippen LogP contribution < -0.4 is 10.1 Å². The van der Waals surface area contributed by atoms with Crippen molar-refractivity contribution >= 4 is 27.5 Å². The molecule has 0 radical (unpaired) electrons. The van der Waals surface area contributed by atoms with Crippen molar-refractivity contribution in [3.8, 4) is 16.7 Å². The summed E-state index contributed by atoms with van der Waals surface area (Å²) >= 11 is 1.21. The van der Waals surface area contributed by atoms with Gasteiger partial charge in [-0.25, -0.2) is 9.37 Å². The number of carbonyl (C=O) groups excluding carboxylic acids is 1. The van der Waals surface area contributed by atoms with Crippen LogP contribution >= 0.6 is 11.3 Å². The molecule has 118 valence electrons. The Morgan fingerprint density at radius 2 is 2.17 bits per heavy atom. The normalized spacial score (nSPS) is 10.7. The Morgan fingerprint density at radius 1 is 1.35 bits per heavy atom. The van der Waals surface area contributed by atoms with E-state index in [1.807, 2.05) is 0 Å². The number of hydrogen-bond acceptors (Lipinski definition) is 5. The molecule has 7 heteroatoms. The average molecular weight is 332 g/mol. The summed E-state index contributed by atoms with van der Waals surface area (Å²) in [6.07, 6.45) is 0.0863. The highest BCUT2D eigenvalue weighted by Gasteiger charge is 2.10. The number of rotatable bonds is 4. The maximum Gasteiger partial charge on any atom is 0.279 e. The number of halogens is 1. The number of carbonyl (C=O) groups is 1. The minimum Gasteiger partial charge on any atom is -0.508 e. The minimum atomic E-state index is -0.330. The molecule has 0 aliphatic rings. The molecule has 5 nitrogen and oxygen atoms in total. The fourth-order valence-corrected chi connectivity index (χ4v) is 2.90. The summed E-state index contributed by atoms with van der Waals surface area (Å²) in [5.74, 6) is -0.160. The SMILES string of the molecule is CNC(=O)Cc1ccc(Oc2nc3ccc(F)cc3s2)cc1O. The van der Waals surface area contributed by atoms with Crippen molar-refractivity contribution in [1.29, 1.82) is 0 Å². The Labute approximate surface area is 135 Å². The fourth-order valence-electron chi connectivity index (χ4n) is 2.04. The molecule has 2 N–H and O–H groups in total. The van der Waals surface area contributed by atoms with E-state index in [9.17, 15) is 14.3 Å². The Morgan fingerprint density at radius 3 is 2.91 bits per heavy atom.